The Bertz CT molecular complexity index is 2270. The topological polar surface area (TPSA) is 108 Å². The van der Waals surface area contributed by atoms with Crippen molar-refractivity contribution in [3.8, 4) is 34.3 Å². The van der Waals surface area contributed by atoms with Crippen LogP contribution >= 0.6 is 0 Å². The zero-order valence-electron chi connectivity index (χ0n) is 33.4. The van der Waals surface area contributed by atoms with Crippen LogP contribution in [-0.4, -0.2) is 85.8 Å². The van der Waals surface area contributed by atoms with E-state index in [2.05, 4.69) is 9.89 Å². The van der Waals surface area contributed by atoms with E-state index in [0.29, 0.717) is 65.9 Å². The molecule has 302 valence electrons. The van der Waals surface area contributed by atoms with E-state index in [-0.39, 0.29) is 17.5 Å². The average Bonchev–Trinajstić information content (AvgIpc) is 3.70. The van der Waals surface area contributed by atoms with Crippen LogP contribution in [0, 0.1) is 0 Å². The molecule has 1 aromatic heterocycles. The standard InChI is InChI=1S/C47H53N5O6/c1-55-43-31-40-42(48-33-37-16-13-23-51(37)46(40)53)32-44(43)58-27-12-7-5-3-2-4-6-11-26-57-38-20-17-35(18-21-38)52-45(34-14-9-8-10-15-34)49-41-22-19-36(30-39(41)47(52)54)50-24-28-56-29-25-50/h8-10,14-15,17-22,30-33,37H,2-7,11-13,16,23-29H2,1H3/t37-/m0/s1. The fourth-order valence-corrected chi connectivity index (χ4v) is 8.16. The van der Waals surface area contributed by atoms with Gasteiger partial charge in [0.05, 0.1) is 67.4 Å². The molecule has 1 atom stereocenters. The van der Waals surface area contributed by atoms with Crippen molar-refractivity contribution in [1.29, 1.82) is 0 Å². The summed E-state index contributed by atoms with van der Waals surface area (Å²) in [5, 5.41) is 0.590. The fourth-order valence-electron chi connectivity index (χ4n) is 8.16. The fraction of sp³-hybridized carbons (Fsp3) is 0.404. The van der Waals surface area contributed by atoms with E-state index in [1.54, 1.807) is 17.7 Å². The lowest BCUT2D eigenvalue weighted by Crippen LogP contribution is -2.36. The zero-order valence-corrected chi connectivity index (χ0v) is 33.4. The van der Waals surface area contributed by atoms with Gasteiger partial charge in [-0.1, -0.05) is 68.9 Å². The first-order valence-corrected chi connectivity index (χ1v) is 21.0. The maximum absolute atomic E-state index is 14.2. The minimum atomic E-state index is -0.0995. The molecule has 58 heavy (non-hydrogen) atoms. The van der Waals surface area contributed by atoms with Crippen molar-refractivity contribution < 1.29 is 23.7 Å². The number of ether oxygens (including phenoxy) is 4. The Morgan fingerprint density at radius 1 is 0.741 bits per heavy atom. The molecule has 8 rings (SSSR count). The van der Waals surface area contributed by atoms with Crippen molar-refractivity contribution in [3.63, 3.8) is 0 Å². The molecule has 1 amide bonds. The van der Waals surface area contributed by atoms with Crippen molar-refractivity contribution in [3.05, 3.63) is 101 Å². The lowest BCUT2D eigenvalue weighted by molar-refractivity contribution is 0.0774. The Hall–Kier alpha value is -5.68. The predicted octanol–water partition coefficient (Wildman–Crippen LogP) is 8.80. The lowest BCUT2D eigenvalue weighted by Gasteiger charge is -2.29. The van der Waals surface area contributed by atoms with Crippen LogP contribution in [0.25, 0.3) is 28.0 Å². The quantitative estimate of drug-likeness (QED) is 0.0862. The van der Waals surface area contributed by atoms with E-state index in [1.807, 2.05) is 90.0 Å². The summed E-state index contributed by atoms with van der Waals surface area (Å²) < 4.78 is 25.1. The van der Waals surface area contributed by atoms with Gasteiger partial charge in [0.15, 0.2) is 11.5 Å². The van der Waals surface area contributed by atoms with Gasteiger partial charge in [0, 0.05) is 43.2 Å². The third kappa shape index (κ3) is 8.89. The zero-order chi connectivity index (χ0) is 39.7. The second kappa shape index (κ2) is 18.7. The summed E-state index contributed by atoms with van der Waals surface area (Å²) in [6.07, 6.45) is 12.8. The van der Waals surface area contributed by atoms with E-state index in [9.17, 15) is 9.59 Å². The Morgan fingerprint density at radius 2 is 1.45 bits per heavy atom. The van der Waals surface area contributed by atoms with Crippen LogP contribution in [-0.2, 0) is 4.74 Å². The molecule has 3 aliphatic heterocycles. The summed E-state index contributed by atoms with van der Waals surface area (Å²) >= 11 is 0. The molecular formula is C47H53N5O6. The van der Waals surface area contributed by atoms with Crippen LogP contribution < -0.4 is 24.7 Å². The first kappa shape index (κ1) is 39.2. The van der Waals surface area contributed by atoms with Crippen LogP contribution in [0.4, 0.5) is 11.4 Å². The highest BCUT2D eigenvalue weighted by Gasteiger charge is 2.32. The number of methoxy groups -OCH3 is 1. The molecule has 0 saturated carbocycles. The average molecular weight is 784 g/mol. The van der Waals surface area contributed by atoms with Gasteiger partial charge in [-0.05, 0) is 74.2 Å². The SMILES string of the molecule is COc1cc2c(cc1OCCCCCCCCCCOc1ccc(-n3c(-c4ccccc4)nc4ccc(N5CCOCC5)cc4c3=O)cc1)N=C[C@@H]1CCCN1C2=O. The number of carbonyl (C=O) groups excluding carboxylic acids is 1. The number of carbonyl (C=O) groups is 1. The maximum atomic E-state index is 14.2. The molecule has 0 N–H and O–H groups in total. The number of morpholine rings is 1. The molecule has 0 bridgehead atoms. The highest BCUT2D eigenvalue weighted by atomic mass is 16.5. The largest absolute Gasteiger partial charge is 0.494 e. The van der Waals surface area contributed by atoms with E-state index in [4.69, 9.17) is 23.9 Å². The third-order valence-electron chi connectivity index (χ3n) is 11.4. The molecule has 11 heteroatoms. The number of hydrogen-bond acceptors (Lipinski definition) is 9. The number of aliphatic imine (C=N–C) groups is 1. The minimum Gasteiger partial charge on any atom is -0.494 e. The number of amides is 1. The Kier molecular flexibility index (Phi) is 12.6. The number of rotatable bonds is 17. The van der Waals surface area contributed by atoms with Gasteiger partial charge in [-0.15, -0.1) is 0 Å². The molecule has 11 nitrogen and oxygen atoms in total. The van der Waals surface area contributed by atoms with Crippen LogP contribution in [0.1, 0.15) is 74.6 Å². The van der Waals surface area contributed by atoms with E-state index >= 15 is 0 Å². The number of fused-ring (bicyclic) bond motifs is 3. The second-order valence-electron chi connectivity index (χ2n) is 15.3. The number of aromatic nitrogens is 2. The summed E-state index contributed by atoms with van der Waals surface area (Å²) in [6.45, 7) is 4.97. The first-order valence-electron chi connectivity index (χ1n) is 21.0. The van der Waals surface area contributed by atoms with Crippen molar-refractivity contribution >= 4 is 34.4 Å². The number of benzene rings is 4. The third-order valence-corrected chi connectivity index (χ3v) is 11.4. The van der Waals surface area contributed by atoms with Crippen LogP contribution in [0.5, 0.6) is 17.2 Å². The number of anilines is 1. The molecule has 0 radical (unpaired) electrons. The van der Waals surface area contributed by atoms with Gasteiger partial charge < -0.3 is 28.7 Å². The number of hydrogen-bond donors (Lipinski definition) is 0. The van der Waals surface area contributed by atoms with E-state index in [1.165, 1.54) is 25.7 Å². The second-order valence-corrected chi connectivity index (χ2v) is 15.3. The smallest absolute Gasteiger partial charge is 0.266 e. The molecule has 4 aromatic carbocycles. The summed E-state index contributed by atoms with van der Waals surface area (Å²) in [7, 11) is 1.61. The normalized spacial score (nSPS) is 16.3. The monoisotopic (exact) mass is 783 g/mol. The van der Waals surface area contributed by atoms with Crippen LogP contribution in [0.15, 0.2) is 94.7 Å². The highest BCUT2D eigenvalue weighted by Crippen LogP contribution is 2.38. The van der Waals surface area contributed by atoms with Gasteiger partial charge >= 0.3 is 0 Å². The molecule has 0 spiro atoms. The summed E-state index contributed by atoms with van der Waals surface area (Å²) in [6, 6.07) is 27.3. The molecule has 2 fully saturated rings. The molecule has 2 saturated heterocycles. The summed E-state index contributed by atoms with van der Waals surface area (Å²) in [5.74, 6) is 2.63. The Labute approximate surface area is 340 Å². The van der Waals surface area contributed by atoms with E-state index < -0.39 is 0 Å². The Morgan fingerprint density at radius 3 is 2.19 bits per heavy atom. The molecule has 0 unspecified atom stereocenters. The van der Waals surface area contributed by atoms with Gasteiger partial charge in [0.25, 0.3) is 11.5 Å². The number of unbranched alkanes of at least 4 members (excludes halogenated alkanes) is 7. The van der Waals surface area contributed by atoms with Gasteiger partial charge in [0.2, 0.25) is 0 Å². The van der Waals surface area contributed by atoms with Gasteiger partial charge in [0.1, 0.15) is 11.6 Å². The molecule has 4 heterocycles. The summed E-state index contributed by atoms with van der Waals surface area (Å²) in [4.78, 5) is 41.1. The van der Waals surface area contributed by atoms with Crippen LogP contribution in [0.3, 0.4) is 0 Å². The summed E-state index contributed by atoms with van der Waals surface area (Å²) in [5.41, 5.74) is 4.45. The van der Waals surface area contributed by atoms with Gasteiger partial charge in [-0.25, -0.2) is 4.98 Å². The van der Waals surface area contributed by atoms with Crippen molar-refractivity contribution in [1.82, 2.24) is 14.5 Å². The molecule has 0 aliphatic carbocycles. The maximum Gasteiger partial charge on any atom is 0.266 e. The number of nitrogens with zero attached hydrogens (tertiary/aromatic N) is 5. The first-order chi connectivity index (χ1) is 28.6. The molecule has 5 aromatic rings. The predicted molar refractivity (Wildman–Crippen MR) is 229 cm³/mol. The highest BCUT2D eigenvalue weighted by molar-refractivity contribution is 6.03. The van der Waals surface area contributed by atoms with E-state index in [0.717, 1.165) is 80.8 Å². The minimum absolute atomic E-state index is 0.0185. The lowest BCUT2D eigenvalue weighted by atomic mass is 10.1. The van der Waals surface area contributed by atoms with Crippen molar-refractivity contribution in [2.24, 2.45) is 4.99 Å². The Balaban J connectivity index is 0.773. The van der Waals surface area contributed by atoms with Crippen molar-refractivity contribution in [2.45, 2.75) is 70.3 Å². The van der Waals surface area contributed by atoms with Crippen LogP contribution in [0.2, 0.25) is 0 Å². The molecule has 3 aliphatic rings. The van der Waals surface area contributed by atoms with Crippen molar-refractivity contribution in [2.75, 3.05) is 58.1 Å². The van der Waals surface area contributed by atoms with Gasteiger partial charge in [-0.2, -0.15) is 0 Å². The van der Waals surface area contributed by atoms with Gasteiger partial charge in [-0.3, -0.25) is 19.1 Å². The molecular weight excluding hydrogens is 731 g/mol.